The average molecular weight is 112 g/mol. The van der Waals surface area contributed by atoms with Crippen LogP contribution in [0.15, 0.2) is 0 Å². The van der Waals surface area contributed by atoms with Crippen molar-refractivity contribution < 1.29 is 4.79 Å². The molecule has 1 saturated heterocycles. The van der Waals surface area contributed by atoms with Gasteiger partial charge in [-0.05, 0) is 19.4 Å². The Kier molecular flexibility index (Phi) is 1.63. The number of carbonyl (C=O) groups is 1. The Morgan fingerprint density at radius 1 is 1.75 bits per heavy atom. The normalized spacial score (nSPS) is 28.4. The summed E-state index contributed by atoms with van der Waals surface area (Å²) < 4.78 is 0. The second-order valence-electron chi connectivity index (χ2n) is 2.12. The van der Waals surface area contributed by atoms with Crippen molar-refractivity contribution in [2.24, 2.45) is 0 Å². The zero-order valence-corrected chi connectivity index (χ0v) is 4.81. The van der Waals surface area contributed by atoms with Gasteiger partial charge in [-0.25, -0.2) is 0 Å². The van der Waals surface area contributed by atoms with Gasteiger partial charge in [0.25, 0.3) is 0 Å². The summed E-state index contributed by atoms with van der Waals surface area (Å²) in [5.41, 5.74) is 0. The van der Waals surface area contributed by atoms with Gasteiger partial charge in [0.05, 0.1) is 6.04 Å². The van der Waals surface area contributed by atoms with Crippen LogP contribution in [-0.4, -0.2) is 18.4 Å². The monoisotopic (exact) mass is 112 g/mol. The highest BCUT2D eigenvalue weighted by atomic mass is 16.1. The van der Waals surface area contributed by atoms with E-state index in [1.54, 1.807) is 0 Å². The Hall–Kier alpha value is -0.370. The lowest BCUT2D eigenvalue weighted by molar-refractivity contribution is -0.116. The van der Waals surface area contributed by atoms with E-state index in [-0.39, 0.29) is 11.8 Å². The molecular formula is C6H10NO. The van der Waals surface area contributed by atoms with E-state index in [4.69, 9.17) is 0 Å². The molecule has 0 aromatic carbocycles. The number of nitrogens with one attached hydrogen (secondary N) is 1. The Morgan fingerprint density at radius 2 is 2.50 bits per heavy atom. The summed E-state index contributed by atoms with van der Waals surface area (Å²) in [4.78, 5) is 10.5. The van der Waals surface area contributed by atoms with Gasteiger partial charge in [-0.1, -0.05) is 0 Å². The zero-order valence-electron chi connectivity index (χ0n) is 4.81. The van der Waals surface area contributed by atoms with Crippen molar-refractivity contribution in [1.29, 1.82) is 0 Å². The summed E-state index contributed by atoms with van der Waals surface area (Å²) >= 11 is 0. The van der Waals surface area contributed by atoms with Gasteiger partial charge in [-0.2, -0.15) is 0 Å². The molecule has 1 N–H and O–H groups in total. The number of carbonyl (C=O) groups excluding carboxylic acids is 1. The number of Topliss-reactive ketones (excluding diaryl/α,β-unsaturated/α-hetero) is 1. The van der Waals surface area contributed by atoms with Crippen molar-refractivity contribution in [2.75, 3.05) is 6.54 Å². The van der Waals surface area contributed by atoms with E-state index in [1.165, 1.54) is 0 Å². The molecule has 1 fully saturated rings. The van der Waals surface area contributed by atoms with E-state index in [0.717, 1.165) is 19.4 Å². The molecular weight excluding hydrogens is 102 g/mol. The van der Waals surface area contributed by atoms with Crippen molar-refractivity contribution in [3.8, 4) is 0 Å². The van der Waals surface area contributed by atoms with E-state index in [1.807, 2.05) is 0 Å². The summed E-state index contributed by atoms with van der Waals surface area (Å²) in [5, 5.41) is 3.04. The van der Waals surface area contributed by atoms with Crippen LogP contribution in [0.25, 0.3) is 0 Å². The van der Waals surface area contributed by atoms with E-state index in [2.05, 4.69) is 12.2 Å². The first kappa shape index (κ1) is 5.76. The van der Waals surface area contributed by atoms with Crippen molar-refractivity contribution in [1.82, 2.24) is 5.32 Å². The fourth-order valence-electron chi connectivity index (χ4n) is 0.959. The SMILES string of the molecule is [CH2]C(=O)C1CCCN1. The van der Waals surface area contributed by atoms with Crippen molar-refractivity contribution in [3.63, 3.8) is 0 Å². The highest BCUT2D eigenvalue weighted by Crippen LogP contribution is 2.04. The van der Waals surface area contributed by atoms with E-state index >= 15 is 0 Å². The van der Waals surface area contributed by atoms with Crippen LogP contribution in [0.3, 0.4) is 0 Å². The zero-order chi connectivity index (χ0) is 5.98. The van der Waals surface area contributed by atoms with Crippen LogP contribution in [0.4, 0.5) is 0 Å². The van der Waals surface area contributed by atoms with Crippen molar-refractivity contribution in [3.05, 3.63) is 6.92 Å². The average Bonchev–Trinajstić information content (AvgIpc) is 2.12. The van der Waals surface area contributed by atoms with Crippen molar-refractivity contribution in [2.45, 2.75) is 18.9 Å². The quantitative estimate of drug-likeness (QED) is 0.523. The third-order valence-electron chi connectivity index (χ3n) is 1.45. The first-order valence-corrected chi connectivity index (χ1v) is 2.90. The third-order valence-corrected chi connectivity index (χ3v) is 1.45. The fraction of sp³-hybridized carbons (Fsp3) is 0.667. The highest BCUT2D eigenvalue weighted by Gasteiger charge is 2.17. The molecule has 1 atom stereocenters. The topological polar surface area (TPSA) is 29.1 Å². The smallest absolute Gasteiger partial charge is 0.150 e. The van der Waals surface area contributed by atoms with E-state index in [9.17, 15) is 4.79 Å². The van der Waals surface area contributed by atoms with Gasteiger partial charge in [-0.3, -0.25) is 4.79 Å². The Labute approximate surface area is 49.3 Å². The van der Waals surface area contributed by atoms with E-state index < -0.39 is 0 Å². The molecule has 45 valence electrons. The lowest BCUT2D eigenvalue weighted by Crippen LogP contribution is -2.28. The largest absolute Gasteiger partial charge is 0.307 e. The minimum absolute atomic E-state index is 0.0301. The molecule has 2 heteroatoms. The molecule has 1 aliphatic rings. The van der Waals surface area contributed by atoms with Gasteiger partial charge in [-0.15, -0.1) is 0 Å². The van der Waals surface area contributed by atoms with Crippen LogP contribution in [0.1, 0.15) is 12.8 Å². The van der Waals surface area contributed by atoms with Gasteiger partial charge in [0, 0.05) is 6.92 Å². The predicted octanol–water partition coefficient (Wildman–Crippen LogP) is 0.142. The lowest BCUT2D eigenvalue weighted by Gasteiger charge is -2.01. The summed E-state index contributed by atoms with van der Waals surface area (Å²) in [6.07, 6.45) is 2.09. The van der Waals surface area contributed by atoms with Crippen LogP contribution in [0.2, 0.25) is 0 Å². The molecule has 0 spiro atoms. The number of hydrogen-bond donors (Lipinski definition) is 1. The second kappa shape index (κ2) is 2.27. The predicted molar refractivity (Wildman–Crippen MR) is 31.4 cm³/mol. The Balaban J connectivity index is 2.35. The number of ketones is 1. The van der Waals surface area contributed by atoms with Crippen LogP contribution in [-0.2, 0) is 4.79 Å². The Bertz CT molecular complexity index is 94.7. The standard InChI is InChI=1S/C6H10NO/c1-5(8)6-3-2-4-7-6/h6-7H,1-4H2. The second-order valence-corrected chi connectivity index (χ2v) is 2.12. The van der Waals surface area contributed by atoms with Gasteiger partial charge in [0.15, 0.2) is 0 Å². The molecule has 0 aromatic heterocycles. The molecule has 0 aliphatic carbocycles. The Morgan fingerprint density at radius 3 is 2.75 bits per heavy atom. The third kappa shape index (κ3) is 1.07. The summed E-state index contributed by atoms with van der Waals surface area (Å²) in [5.74, 6) is 0.0301. The molecule has 1 unspecified atom stereocenters. The maximum atomic E-state index is 10.5. The minimum Gasteiger partial charge on any atom is -0.307 e. The molecule has 1 heterocycles. The fourth-order valence-corrected chi connectivity index (χ4v) is 0.959. The molecule has 0 bridgehead atoms. The lowest BCUT2D eigenvalue weighted by atomic mass is 10.2. The van der Waals surface area contributed by atoms with Gasteiger partial charge < -0.3 is 5.32 Å². The molecule has 0 amide bonds. The maximum absolute atomic E-state index is 10.5. The van der Waals surface area contributed by atoms with Gasteiger partial charge in [0.2, 0.25) is 0 Å². The summed E-state index contributed by atoms with van der Waals surface area (Å²) in [6.45, 7) is 4.30. The van der Waals surface area contributed by atoms with Crippen LogP contribution < -0.4 is 5.32 Å². The molecule has 1 radical (unpaired) electrons. The molecule has 1 rings (SSSR count). The van der Waals surface area contributed by atoms with E-state index in [0.29, 0.717) is 0 Å². The maximum Gasteiger partial charge on any atom is 0.150 e. The first-order valence-electron chi connectivity index (χ1n) is 2.90. The van der Waals surface area contributed by atoms with Crippen LogP contribution in [0, 0.1) is 6.92 Å². The van der Waals surface area contributed by atoms with Crippen LogP contribution >= 0.6 is 0 Å². The minimum atomic E-state index is 0.0301. The molecule has 8 heavy (non-hydrogen) atoms. The number of hydrogen-bond acceptors (Lipinski definition) is 2. The molecule has 0 aromatic rings. The van der Waals surface area contributed by atoms with Gasteiger partial charge >= 0.3 is 0 Å². The van der Waals surface area contributed by atoms with Crippen molar-refractivity contribution >= 4 is 5.78 Å². The first-order chi connectivity index (χ1) is 3.80. The molecule has 2 nitrogen and oxygen atoms in total. The summed E-state index contributed by atoms with van der Waals surface area (Å²) in [7, 11) is 0. The highest BCUT2D eigenvalue weighted by molar-refractivity contribution is 5.87. The molecule has 0 saturated carbocycles. The summed E-state index contributed by atoms with van der Waals surface area (Å²) in [6, 6.07) is 0.0648. The van der Waals surface area contributed by atoms with Crippen LogP contribution in [0.5, 0.6) is 0 Å². The van der Waals surface area contributed by atoms with Gasteiger partial charge in [0.1, 0.15) is 5.78 Å². The molecule has 1 aliphatic heterocycles. The number of rotatable bonds is 1.